The van der Waals surface area contributed by atoms with Gasteiger partial charge in [0.2, 0.25) is 17.7 Å². The third kappa shape index (κ3) is 9.05. The number of carbonyl (C=O) groups excluding carboxylic acids is 5. The van der Waals surface area contributed by atoms with E-state index in [2.05, 4.69) is 15.7 Å². The van der Waals surface area contributed by atoms with Gasteiger partial charge in [-0.1, -0.05) is 50.8 Å². The first-order valence-electron chi connectivity index (χ1n) is 19.2. The van der Waals surface area contributed by atoms with Crippen LogP contribution in [0.4, 0.5) is 4.79 Å². The number of nitrogens with one attached hydrogen (secondary N) is 2. The Bertz CT molecular complexity index is 1550. The second-order valence-electron chi connectivity index (χ2n) is 14.4. The van der Waals surface area contributed by atoms with Crippen LogP contribution in [0.3, 0.4) is 0 Å². The lowest BCUT2D eigenvalue weighted by molar-refractivity contribution is -0.140. The Labute approximate surface area is 305 Å². The summed E-state index contributed by atoms with van der Waals surface area (Å²) in [5.41, 5.74) is 0.687. The molecule has 2 saturated carbocycles. The highest BCUT2D eigenvalue weighted by Crippen LogP contribution is 2.29. The van der Waals surface area contributed by atoms with Crippen molar-refractivity contribution in [3.05, 3.63) is 42.1 Å². The van der Waals surface area contributed by atoms with Crippen molar-refractivity contribution in [1.82, 2.24) is 35.1 Å². The van der Waals surface area contributed by atoms with Crippen LogP contribution in [0.5, 0.6) is 5.88 Å². The number of aromatic nitrogens is 2. The molecular weight excluding hydrogens is 666 g/mol. The molecule has 3 heterocycles. The quantitative estimate of drug-likeness (QED) is 0.297. The zero-order valence-corrected chi connectivity index (χ0v) is 30.3. The number of likely N-dealkylation sites (tertiary alicyclic amines) is 1. The van der Waals surface area contributed by atoms with Gasteiger partial charge in [0.15, 0.2) is 12.3 Å². The number of unbranched alkanes of at least 4 members (excludes halogenated alkanes) is 1. The number of amides is 5. The maximum atomic E-state index is 14.1. The molecule has 282 valence electrons. The number of ether oxygens (including phenoxy) is 2. The molecule has 4 fully saturated rings. The van der Waals surface area contributed by atoms with E-state index in [1.807, 2.05) is 37.3 Å². The molecule has 2 saturated heterocycles. The lowest BCUT2D eigenvalue weighted by Gasteiger charge is -2.38. The minimum Gasteiger partial charge on any atom is -0.467 e. The van der Waals surface area contributed by atoms with Gasteiger partial charge in [-0.25, -0.2) is 9.48 Å². The van der Waals surface area contributed by atoms with E-state index in [1.165, 1.54) is 10.7 Å². The summed E-state index contributed by atoms with van der Waals surface area (Å²) in [5.74, 6) is -0.929. The number of piperazine rings is 1. The molecule has 2 atom stereocenters. The van der Waals surface area contributed by atoms with E-state index < -0.39 is 18.0 Å². The Morgan fingerprint density at radius 1 is 0.865 bits per heavy atom. The molecule has 5 amide bonds. The molecule has 2 aliphatic carbocycles. The van der Waals surface area contributed by atoms with Gasteiger partial charge >= 0.3 is 6.09 Å². The van der Waals surface area contributed by atoms with E-state index in [1.54, 1.807) is 14.7 Å². The Morgan fingerprint density at radius 3 is 2.29 bits per heavy atom. The number of hydrogen-bond donors (Lipinski definition) is 2. The van der Waals surface area contributed by atoms with Gasteiger partial charge in [-0.3, -0.25) is 19.2 Å². The van der Waals surface area contributed by atoms with Gasteiger partial charge in [0, 0.05) is 44.8 Å². The van der Waals surface area contributed by atoms with E-state index in [4.69, 9.17) is 9.47 Å². The van der Waals surface area contributed by atoms with Crippen LogP contribution in [0.2, 0.25) is 0 Å². The predicted octanol–water partition coefficient (Wildman–Crippen LogP) is 3.67. The van der Waals surface area contributed by atoms with Gasteiger partial charge in [0.1, 0.15) is 12.1 Å². The molecule has 1 aromatic heterocycles. The van der Waals surface area contributed by atoms with E-state index in [0.29, 0.717) is 51.4 Å². The maximum absolute atomic E-state index is 14.1. The first kappa shape index (κ1) is 37.1. The van der Waals surface area contributed by atoms with E-state index >= 15 is 0 Å². The SMILES string of the molecule is CCCCOC(=O)N1CCN(C(=O)[C@@H](NC(=O)c2cc(OCC(=O)N3CCC[C@H]3C(=O)NC3CCC3)n(-c3ccccc3)n2)C2CCCCC2)CC1. The topological polar surface area (TPSA) is 155 Å². The second-order valence-corrected chi connectivity index (χ2v) is 14.4. The molecule has 0 radical (unpaired) electrons. The predicted molar refractivity (Wildman–Crippen MR) is 192 cm³/mol. The molecule has 52 heavy (non-hydrogen) atoms. The fourth-order valence-electron chi connectivity index (χ4n) is 7.50. The number of para-hydroxylation sites is 1. The maximum Gasteiger partial charge on any atom is 0.409 e. The molecule has 0 bridgehead atoms. The number of rotatable bonds is 13. The Hall–Kier alpha value is -4.62. The highest BCUT2D eigenvalue weighted by molar-refractivity contribution is 5.96. The Balaban J connectivity index is 1.13. The highest BCUT2D eigenvalue weighted by Gasteiger charge is 2.38. The lowest BCUT2D eigenvalue weighted by atomic mass is 9.83. The monoisotopic (exact) mass is 719 g/mol. The summed E-state index contributed by atoms with van der Waals surface area (Å²) >= 11 is 0. The van der Waals surface area contributed by atoms with Crippen LogP contribution in [0.25, 0.3) is 5.69 Å². The van der Waals surface area contributed by atoms with Gasteiger partial charge in [-0.15, -0.1) is 0 Å². The van der Waals surface area contributed by atoms with E-state index in [-0.39, 0.29) is 54.0 Å². The molecule has 1 aromatic carbocycles. The normalized spacial score (nSPS) is 20.2. The fraction of sp³-hybridized carbons (Fsp3) is 0.632. The van der Waals surface area contributed by atoms with E-state index in [0.717, 1.165) is 70.6 Å². The van der Waals surface area contributed by atoms with Crippen molar-refractivity contribution in [2.24, 2.45) is 5.92 Å². The summed E-state index contributed by atoms with van der Waals surface area (Å²) < 4.78 is 12.9. The van der Waals surface area contributed by atoms with Crippen molar-refractivity contribution < 1.29 is 33.4 Å². The van der Waals surface area contributed by atoms with Crippen LogP contribution >= 0.6 is 0 Å². The lowest BCUT2D eigenvalue weighted by Crippen LogP contribution is -2.58. The van der Waals surface area contributed by atoms with Crippen molar-refractivity contribution in [3.8, 4) is 11.6 Å². The molecule has 2 N–H and O–H groups in total. The van der Waals surface area contributed by atoms with Crippen LogP contribution in [-0.2, 0) is 19.1 Å². The van der Waals surface area contributed by atoms with Gasteiger partial charge in [-0.05, 0) is 69.4 Å². The molecule has 6 rings (SSSR count). The summed E-state index contributed by atoms with van der Waals surface area (Å²) in [6.45, 7) is 4.02. The molecule has 2 aliphatic heterocycles. The van der Waals surface area contributed by atoms with Gasteiger partial charge in [-0.2, -0.15) is 5.10 Å². The number of carbonyl (C=O) groups is 5. The molecule has 14 nitrogen and oxygen atoms in total. The molecular formula is C38H53N7O7. The van der Waals surface area contributed by atoms with Crippen molar-refractivity contribution in [1.29, 1.82) is 0 Å². The summed E-state index contributed by atoms with van der Waals surface area (Å²) in [7, 11) is 0. The van der Waals surface area contributed by atoms with Crippen LogP contribution in [-0.4, -0.2) is 118 Å². The van der Waals surface area contributed by atoms with Gasteiger partial charge in [0.25, 0.3) is 11.8 Å². The second kappa shape index (κ2) is 17.7. The molecule has 0 unspecified atom stereocenters. The molecule has 14 heteroatoms. The van der Waals surface area contributed by atoms with E-state index in [9.17, 15) is 24.0 Å². The van der Waals surface area contributed by atoms with Gasteiger partial charge in [0.05, 0.1) is 12.3 Å². The Kier molecular flexibility index (Phi) is 12.7. The first-order valence-corrected chi connectivity index (χ1v) is 19.2. The zero-order valence-electron chi connectivity index (χ0n) is 30.3. The number of benzene rings is 1. The average molecular weight is 720 g/mol. The van der Waals surface area contributed by atoms with Crippen molar-refractivity contribution in [3.63, 3.8) is 0 Å². The highest BCUT2D eigenvalue weighted by atomic mass is 16.6. The number of nitrogens with zero attached hydrogens (tertiary/aromatic N) is 5. The van der Waals surface area contributed by atoms with Crippen LogP contribution in [0.15, 0.2) is 36.4 Å². The summed E-state index contributed by atoms with van der Waals surface area (Å²) in [4.78, 5) is 71.8. The summed E-state index contributed by atoms with van der Waals surface area (Å²) in [6, 6.07) is 9.59. The number of hydrogen-bond acceptors (Lipinski definition) is 8. The first-order chi connectivity index (χ1) is 25.3. The van der Waals surface area contributed by atoms with Crippen molar-refractivity contribution in [2.45, 2.75) is 102 Å². The molecule has 2 aromatic rings. The van der Waals surface area contributed by atoms with Crippen LogP contribution in [0, 0.1) is 5.92 Å². The van der Waals surface area contributed by atoms with Crippen molar-refractivity contribution >= 4 is 29.7 Å². The smallest absolute Gasteiger partial charge is 0.409 e. The standard InChI is InChI=1S/C38H53N7O7/c1-2-3-24-51-38(50)43-22-20-42(21-23-43)37(49)34(27-12-6-4-7-13-27)40-35(47)30-25-33(45(41-30)29-16-8-5-9-17-29)52-26-32(46)44-19-11-18-31(44)36(48)39-28-14-10-15-28/h5,8-9,16-17,25,27-28,31,34H,2-4,6-7,10-15,18-24,26H2,1H3,(H,39,48)(H,40,47)/t31-,34-/m0/s1. The zero-order chi connectivity index (χ0) is 36.5. The Morgan fingerprint density at radius 2 is 1.60 bits per heavy atom. The van der Waals surface area contributed by atoms with Crippen molar-refractivity contribution in [2.75, 3.05) is 45.9 Å². The van der Waals surface area contributed by atoms with Crippen LogP contribution < -0.4 is 15.4 Å². The molecule has 4 aliphatic rings. The third-order valence-corrected chi connectivity index (χ3v) is 10.8. The van der Waals surface area contributed by atoms with Crippen LogP contribution in [0.1, 0.15) is 94.5 Å². The minimum atomic E-state index is -0.748. The average Bonchev–Trinajstić information content (AvgIpc) is 3.83. The largest absolute Gasteiger partial charge is 0.467 e. The minimum absolute atomic E-state index is 0.0262. The fourth-order valence-corrected chi connectivity index (χ4v) is 7.50. The third-order valence-electron chi connectivity index (χ3n) is 10.8. The summed E-state index contributed by atoms with van der Waals surface area (Å²) in [6.07, 6.45) is 10.5. The van der Waals surface area contributed by atoms with Gasteiger partial charge < -0.3 is 34.8 Å². The summed E-state index contributed by atoms with van der Waals surface area (Å²) in [5, 5.41) is 10.7. The molecule has 0 spiro atoms.